The van der Waals surface area contributed by atoms with E-state index in [0.29, 0.717) is 0 Å². The summed E-state index contributed by atoms with van der Waals surface area (Å²) in [5.74, 6) is -1.60. The van der Waals surface area contributed by atoms with Gasteiger partial charge in [-0.15, -0.1) is 0 Å². The molecule has 0 aromatic rings. The van der Waals surface area contributed by atoms with Crippen molar-refractivity contribution in [2.24, 2.45) is 11.3 Å². The Morgan fingerprint density at radius 1 is 1.18 bits per heavy atom. The highest BCUT2D eigenvalue weighted by molar-refractivity contribution is 5.86. The largest absolute Gasteiger partial charge is 0.481 e. The second kappa shape index (κ2) is 4.35. The van der Waals surface area contributed by atoms with Crippen LogP contribution in [0.4, 0.5) is 0 Å². The minimum atomic E-state index is -1.03. The molecule has 6 heteroatoms. The van der Waals surface area contributed by atoms with E-state index in [9.17, 15) is 14.4 Å². The van der Waals surface area contributed by atoms with Gasteiger partial charge in [-0.05, 0) is 24.7 Å². The summed E-state index contributed by atoms with van der Waals surface area (Å²) >= 11 is 0. The van der Waals surface area contributed by atoms with Gasteiger partial charge < -0.3 is 5.11 Å². The van der Waals surface area contributed by atoms with Crippen LogP contribution in [-0.4, -0.2) is 22.9 Å². The number of nitrogens with one attached hydrogen (secondary N) is 2. The summed E-state index contributed by atoms with van der Waals surface area (Å²) in [6.45, 7) is 0. The Balaban J connectivity index is 1.63. The van der Waals surface area contributed by atoms with Crippen molar-refractivity contribution in [3.63, 3.8) is 0 Å². The van der Waals surface area contributed by atoms with E-state index in [0.717, 1.165) is 19.3 Å². The molecule has 3 N–H and O–H groups in total. The Hall–Kier alpha value is -1.59. The first kappa shape index (κ1) is 11.9. The normalized spacial score (nSPS) is 23.6. The molecule has 0 bridgehead atoms. The van der Waals surface area contributed by atoms with Crippen LogP contribution in [0.1, 0.15) is 38.5 Å². The van der Waals surface area contributed by atoms with Gasteiger partial charge in [0.15, 0.2) is 0 Å². The van der Waals surface area contributed by atoms with Crippen LogP contribution < -0.4 is 10.9 Å². The van der Waals surface area contributed by atoms with E-state index in [-0.39, 0.29) is 30.1 Å². The van der Waals surface area contributed by atoms with Crippen molar-refractivity contribution in [1.82, 2.24) is 10.9 Å². The number of hydrogen-bond donors (Lipinski definition) is 3. The van der Waals surface area contributed by atoms with Crippen molar-refractivity contribution in [3.05, 3.63) is 0 Å². The quantitative estimate of drug-likeness (QED) is 0.611. The molecule has 0 radical (unpaired) electrons. The fraction of sp³-hybridized carbons (Fsp3) is 0.727. The Kier molecular flexibility index (Phi) is 3.04. The average molecular weight is 240 g/mol. The number of hydrogen-bond acceptors (Lipinski definition) is 3. The van der Waals surface area contributed by atoms with Crippen LogP contribution in [0.2, 0.25) is 0 Å². The summed E-state index contributed by atoms with van der Waals surface area (Å²) in [5, 5.41) is 8.38. The number of hydrazine groups is 1. The molecule has 0 unspecified atom stereocenters. The highest BCUT2D eigenvalue weighted by atomic mass is 16.4. The molecule has 94 valence electrons. The fourth-order valence-corrected chi connectivity index (χ4v) is 2.40. The molecular formula is C11H16N2O4. The minimum Gasteiger partial charge on any atom is -0.481 e. The number of carbonyl (C=O) groups excluding carboxylic acids is 2. The zero-order chi connectivity index (χ0) is 12.5. The highest BCUT2D eigenvalue weighted by Gasteiger charge is 2.60. The van der Waals surface area contributed by atoms with E-state index in [1.165, 1.54) is 6.42 Å². The van der Waals surface area contributed by atoms with Crippen molar-refractivity contribution < 1.29 is 19.5 Å². The van der Waals surface area contributed by atoms with E-state index < -0.39 is 11.9 Å². The van der Waals surface area contributed by atoms with Gasteiger partial charge in [0.25, 0.3) is 0 Å². The summed E-state index contributed by atoms with van der Waals surface area (Å²) < 4.78 is 0. The fourth-order valence-electron chi connectivity index (χ4n) is 2.40. The number of carboxylic acids is 1. The molecule has 0 aromatic carbocycles. The summed E-state index contributed by atoms with van der Waals surface area (Å²) in [7, 11) is 0. The van der Waals surface area contributed by atoms with E-state index in [1.54, 1.807) is 0 Å². The molecule has 2 aliphatic carbocycles. The van der Waals surface area contributed by atoms with E-state index in [1.807, 2.05) is 0 Å². The molecule has 0 aliphatic heterocycles. The van der Waals surface area contributed by atoms with Crippen molar-refractivity contribution in [3.8, 4) is 0 Å². The third kappa shape index (κ3) is 2.57. The molecule has 2 rings (SSSR count). The van der Waals surface area contributed by atoms with Gasteiger partial charge in [-0.3, -0.25) is 25.2 Å². The van der Waals surface area contributed by atoms with Crippen LogP contribution in [0.3, 0.4) is 0 Å². The molecule has 0 heterocycles. The maximum Gasteiger partial charge on any atom is 0.303 e. The standard InChI is InChI=1S/C11H16N2O4/c14-8(2-3-9(15)16)12-13-10(17)7-6-11(7)4-1-5-11/h7H,1-6H2,(H,12,14)(H,13,17)(H,15,16)/t7-/m1/s1. The highest BCUT2D eigenvalue weighted by Crippen LogP contribution is 2.65. The molecule has 2 saturated carbocycles. The molecule has 2 fully saturated rings. The first-order valence-electron chi connectivity index (χ1n) is 5.84. The molecule has 17 heavy (non-hydrogen) atoms. The summed E-state index contributed by atoms with van der Waals surface area (Å²) in [4.78, 5) is 33.0. The van der Waals surface area contributed by atoms with E-state index >= 15 is 0 Å². The molecule has 2 aliphatic rings. The topological polar surface area (TPSA) is 95.5 Å². The molecule has 1 atom stereocenters. The third-order valence-corrected chi connectivity index (χ3v) is 3.75. The van der Waals surface area contributed by atoms with Gasteiger partial charge >= 0.3 is 5.97 Å². The van der Waals surface area contributed by atoms with Crippen LogP contribution in [0.25, 0.3) is 0 Å². The second-order valence-corrected chi connectivity index (χ2v) is 4.90. The maximum absolute atomic E-state index is 11.6. The van der Waals surface area contributed by atoms with Crippen LogP contribution >= 0.6 is 0 Å². The van der Waals surface area contributed by atoms with Crippen molar-refractivity contribution in [2.75, 3.05) is 0 Å². The minimum absolute atomic E-state index is 0.0380. The van der Waals surface area contributed by atoms with Gasteiger partial charge in [0.2, 0.25) is 11.8 Å². The monoisotopic (exact) mass is 240 g/mol. The van der Waals surface area contributed by atoms with Gasteiger partial charge in [-0.25, -0.2) is 0 Å². The van der Waals surface area contributed by atoms with E-state index in [2.05, 4.69) is 10.9 Å². The molecular weight excluding hydrogens is 224 g/mol. The Morgan fingerprint density at radius 3 is 2.35 bits per heavy atom. The molecule has 6 nitrogen and oxygen atoms in total. The van der Waals surface area contributed by atoms with Crippen molar-refractivity contribution in [2.45, 2.75) is 38.5 Å². The number of carbonyl (C=O) groups is 3. The van der Waals surface area contributed by atoms with Crippen LogP contribution in [0.5, 0.6) is 0 Å². The average Bonchev–Trinajstić information content (AvgIpc) is 2.98. The molecule has 1 spiro atoms. The Bertz CT molecular complexity index is 362. The van der Waals surface area contributed by atoms with Crippen LogP contribution in [0.15, 0.2) is 0 Å². The summed E-state index contributed by atoms with van der Waals surface area (Å²) in [6.07, 6.45) is 3.98. The number of aliphatic carboxylic acids is 1. The van der Waals surface area contributed by atoms with Crippen molar-refractivity contribution >= 4 is 17.8 Å². The summed E-state index contributed by atoms with van der Waals surface area (Å²) in [5.41, 5.74) is 4.84. The number of amides is 2. The summed E-state index contributed by atoms with van der Waals surface area (Å²) in [6, 6.07) is 0. The zero-order valence-electron chi connectivity index (χ0n) is 9.49. The Labute approximate surface area is 98.7 Å². The van der Waals surface area contributed by atoms with Gasteiger partial charge in [0, 0.05) is 12.3 Å². The maximum atomic E-state index is 11.6. The lowest BCUT2D eigenvalue weighted by Crippen LogP contribution is -2.43. The Morgan fingerprint density at radius 2 is 1.88 bits per heavy atom. The first-order chi connectivity index (χ1) is 8.03. The van der Waals surface area contributed by atoms with E-state index in [4.69, 9.17) is 5.11 Å². The zero-order valence-corrected chi connectivity index (χ0v) is 9.49. The third-order valence-electron chi connectivity index (χ3n) is 3.75. The predicted octanol–water partition coefficient (Wildman–Crippen LogP) is 0.189. The van der Waals surface area contributed by atoms with Crippen LogP contribution in [0, 0.1) is 11.3 Å². The first-order valence-corrected chi connectivity index (χ1v) is 5.84. The number of carboxylic acid groups (broad SMARTS) is 1. The lowest BCUT2D eigenvalue weighted by Gasteiger charge is -2.26. The van der Waals surface area contributed by atoms with Gasteiger partial charge in [-0.2, -0.15) is 0 Å². The molecule has 0 aromatic heterocycles. The molecule has 2 amide bonds. The van der Waals surface area contributed by atoms with Gasteiger partial charge in [0.05, 0.1) is 6.42 Å². The van der Waals surface area contributed by atoms with Gasteiger partial charge in [0.1, 0.15) is 0 Å². The second-order valence-electron chi connectivity index (χ2n) is 4.90. The SMILES string of the molecule is O=C(O)CCC(=O)NNC(=O)[C@H]1CC12CCC2. The number of rotatable bonds is 4. The van der Waals surface area contributed by atoms with Crippen molar-refractivity contribution in [1.29, 1.82) is 0 Å². The smallest absolute Gasteiger partial charge is 0.303 e. The van der Waals surface area contributed by atoms with Crippen LogP contribution in [-0.2, 0) is 14.4 Å². The predicted molar refractivity (Wildman–Crippen MR) is 57.5 cm³/mol. The molecule has 0 saturated heterocycles. The van der Waals surface area contributed by atoms with Gasteiger partial charge in [-0.1, -0.05) is 6.42 Å². The lowest BCUT2D eigenvalue weighted by atomic mass is 9.80. The lowest BCUT2D eigenvalue weighted by molar-refractivity contribution is -0.139.